The molecule has 134 valence electrons. The van der Waals surface area contributed by atoms with Gasteiger partial charge in [-0.1, -0.05) is 19.6 Å². The van der Waals surface area contributed by atoms with Gasteiger partial charge in [0.05, 0.1) is 10.3 Å². The molecule has 0 aliphatic carbocycles. The van der Waals surface area contributed by atoms with E-state index in [0.717, 1.165) is 22.9 Å². The minimum Gasteiger partial charge on any atom is -0.345 e. The highest BCUT2D eigenvalue weighted by molar-refractivity contribution is 9.10. The van der Waals surface area contributed by atoms with Crippen molar-refractivity contribution >= 4 is 42.2 Å². The molecule has 0 saturated heterocycles. The molecule has 8 heteroatoms. The Morgan fingerprint density at radius 2 is 2.08 bits per heavy atom. The molecule has 6 nitrogen and oxygen atoms in total. The van der Waals surface area contributed by atoms with Gasteiger partial charge in [-0.2, -0.15) is 0 Å². The van der Waals surface area contributed by atoms with Crippen molar-refractivity contribution in [3.63, 3.8) is 0 Å². The second kappa shape index (κ2) is 7.96. The zero-order chi connectivity index (χ0) is 18.6. The van der Waals surface area contributed by atoms with Crippen LogP contribution in [0.25, 0.3) is 6.08 Å². The van der Waals surface area contributed by atoms with Crippen LogP contribution in [0.2, 0.25) is 25.7 Å². The molecule has 1 N–H and O–H groups in total. The largest absolute Gasteiger partial charge is 0.345 e. The van der Waals surface area contributed by atoms with E-state index in [1.165, 1.54) is 6.21 Å². The van der Waals surface area contributed by atoms with Gasteiger partial charge in [-0.3, -0.25) is 13.9 Å². The normalized spacial score (nSPS) is 12.5. The van der Waals surface area contributed by atoms with Crippen molar-refractivity contribution in [3.05, 3.63) is 50.9 Å². The quantitative estimate of drug-likeness (QED) is 0.570. The summed E-state index contributed by atoms with van der Waals surface area (Å²) in [6.45, 7) is 7.61. The van der Waals surface area contributed by atoms with Crippen molar-refractivity contribution in [2.75, 3.05) is 0 Å². The standard InChI is InChI=1S/C17H23BrN4O2Si/c1-21-13(12-22(17(21)24)10-11-25(2,3)4)6-5-9-19-16(23)14-7-8-15(18)20-14/h5-9,12,20H,10-11H2,1-4H3/b6-5-,19-9?. The third kappa shape index (κ3) is 5.54. The average molecular weight is 423 g/mol. The number of H-pyrrole nitrogens is 1. The van der Waals surface area contributed by atoms with Gasteiger partial charge >= 0.3 is 5.69 Å². The number of halogens is 1. The van der Waals surface area contributed by atoms with Gasteiger partial charge in [-0.25, -0.2) is 9.79 Å². The molecule has 1 amide bonds. The topological polar surface area (TPSA) is 72.2 Å². The molecule has 0 unspecified atom stereocenters. The third-order valence-electron chi connectivity index (χ3n) is 3.74. The number of nitrogens with one attached hydrogen (secondary N) is 1. The molecule has 0 aliphatic rings. The maximum absolute atomic E-state index is 12.2. The Hall–Kier alpha value is -1.93. The van der Waals surface area contributed by atoms with Crippen LogP contribution < -0.4 is 5.69 Å². The van der Waals surface area contributed by atoms with Crippen LogP contribution in [-0.2, 0) is 13.6 Å². The maximum Gasteiger partial charge on any atom is 0.328 e. The molecule has 0 radical (unpaired) electrons. The number of hydrogen-bond donors (Lipinski definition) is 1. The first-order chi connectivity index (χ1) is 11.7. The Bertz CT molecular complexity index is 868. The highest BCUT2D eigenvalue weighted by Crippen LogP contribution is 2.10. The summed E-state index contributed by atoms with van der Waals surface area (Å²) in [6.07, 6.45) is 6.71. The van der Waals surface area contributed by atoms with E-state index >= 15 is 0 Å². The van der Waals surface area contributed by atoms with Crippen molar-refractivity contribution in [3.8, 4) is 0 Å². The van der Waals surface area contributed by atoms with E-state index in [1.807, 2.05) is 6.20 Å². The molecule has 2 aromatic rings. The lowest BCUT2D eigenvalue weighted by atomic mass is 10.4. The van der Waals surface area contributed by atoms with Crippen molar-refractivity contribution in [2.24, 2.45) is 12.0 Å². The average Bonchev–Trinajstić information content (AvgIpc) is 3.07. The van der Waals surface area contributed by atoms with E-state index in [9.17, 15) is 9.59 Å². The Balaban J connectivity index is 2.04. The Morgan fingerprint density at radius 1 is 1.36 bits per heavy atom. The molecule has 0 spiro atoms. The van der Waals surface area contributed by atoms with Crippen LogP contribution in [0.15, 0.2) is 38.8 Å². The molecule has 0 aromatic carbocycles. The van der Waals surface area contributed by atoms with Crippen molar-refractivity contribution in [2.45, 2.75) is 32.2 Å². The van der Waals surface area contributed by atoms with Gasteiger partial charge in [0.2, 0.25) is 0 Å². The van der Waals surface area contributed by atoms with Crippen molar-refractivity contribution in [1.29, 1.82) is 0 Å². The summed E-state index contributed by atoms with van der Waals surface area (Å²) in [6, 6.07) is 4.47. The fourth-order valence-corrected chi connectivity index (χ4v) is 3.45. The molecule has 0 atom stereocenters. The molecule has 2 rings (SSSR count). The summed E-state index contributed by atoms with van der Waals surface area (Å²) >= 11 is 3.25. The first kappa shape index (κ1) is 19.4. The number of rotatable bonds is 6. The zero-order valence-corrected chi connectivity index (χ0v) is 17.5. The molecule has 0 bridgehead atoms. The molecule has 2 aromatic heterocycles. The number of nitrogens with zero attached hydrogens (tertiary/aromatic N) is 3. The van der Waals surface area contributed by atoms with Gasteiger partial charge in [0.1, 0.15) is 5.69 Å². The van der Waals surface area contributed by atoms with Gasteiger partial charge in [0.15, 0.2) is 0 Å². The third-order valence-corrected chi connectivity index (χ3v) is 5.92. The number of carbonyl (C=O) groups excluding carboxylic acids is 1. The summed E-state index contributed by atoms with van der Waals surface area (Å²) in [4.78, 5) is 30.8. The number of carbonyl (C=O) groups is 1. The predicted molar refractivity (Wildman–Crippen MR) is 108 cm³/mol. The summed E-state index contributed by atoms with van der Waals surface area (Å²) < 4.78 is 4.08. The van der Waals surface area contributed by atoms with E-state index in [1.54, 1.807) is 40.5 Å². The van der Waals surface area contributed by atoms with E-state index in [4.69, 9.17) is 0 Å². The Morgan fingerprint density at radius 3 is 2.68 bits per heavy atom. The fourth-order valence-electron chi connectivity index (χ4n) is 2.19. The van der Waals surface area contributed by atoms with Gasteiger partial charge < -0.3 is 4.98 Å². The number of aliphatic imine (C=N–C) groups is 1. The Labute approximate surface area is 156 Å². The summed E-state index contributed by atoms with van der Waals surface area (Å²) in [7, 11) is 0.544. The number of allylic oxidation sites excluding steroid dienone is 1. The van der Waals surface area contributed by atoms with Gasteiger partial charge in [-0.05, 0) is 46.3 Å². The molecule has 0 fully saturated rings. The molecule has 2 heterocycles. The van der Waals surface area contributed by atoms with Crippen LogP contribution in [0.3, 0.4) is 0 Å². The smallest absolute Gasteiger partial charge is 0.328 e. The van der Waals surface area contributed by atoms with E-state index in [-0.39, 0.29) is 11.6 Å². The van der Waals surface area contributed by atoms with Gasteiger partial charge in [0.25, 0.3) is 5.91 Å². The maximum atomic E-state index is 12.2. The van der Waals surface area contributed by atoms with Crippen LogP contribution in [0.5, 0.6) is 0 Å². The number of aromatic nitrogens is 3. The first-order valence-electron chi connectivity index (χ1n) is 8.03. The predicted octanol–water partition coefficient (Wildman–Crippen LogP) is 3.54. The second-order valence-corrected chi connectivity index (χ2v) is 13.5. The fraction of sp³-hybridized carbons (Fsp3) is 0.353. The van der Waals surface area contributed by atoms with Crippen LogP contribution in [0, 0.1) is 0 Å². The minimum atomic E-state index is -1.20. The number of hydrogen-bond acceptors (Lipinski definition) is 2. The van der Waals surface area contributed by atoms with Crippen LogP contribution in [0.4, 0.5) is 0 Å². The molecular weight excluding hydrogens is 400 g/mol. The second-order valence-electron chi connectivity index (χ2n) is 7.06. The van der Waals surface area contributed by atoms with Crippen LogP contribution >= 0.6 is 15.9 Å². The van der Waals surface area contributed by atoms with Crippen LogP contribution in [-0.4, -0.2) is 34.3 Å². The zero-order valence-electron chi connectivity index (χ0n) is 14.9. The summed E-state index contributed by atoms with van der Waals surface area (Å²) in [5, 5.41) is 0. The van der Waals surface area contributed by atoms with Crippen molar-refractivity contribution < 1.29 is 4.79 Å². The lowest BCUT2D eigenvalue weighted by Gasteiger charge is -2.14. The van der Waals surface area contributed by atoms with E-state index in [0.29, 0.717) is 5.69 Å². The Kier molecular flexibility index (Phi) is 6.18. The number of aromatic amines is 1. The molecule has 0 saturated carbocycles. The van der Waals surface area contributed by atoms with Crippen LogP contribution in [0.1, 0.15) is 16.2 Å². The summed E-state index contributed by atoms with van der Waals surface area (Å²) in [5.41, 5.74) is 1.17. The van der Waals surface area contributed by atoms with Crippen molar-refractivity contribution in [1.82, 2.24) is 14.1 Å². The number of aryl methyl sites for hydroxylation is 1. The highest BCUT2D eigenvalue weighted by atomic mass is 79.9. The van der Waals surface area contributed by atoms with E-state index in [2.05, 4.69) is 45.5 Å². The summed E-state index contributed by atoms with van der Waals surface area (Å²) in [5.74, 6) is -0.350. The van der Waals surface area contributed by atoms with Gasteiger partial charge in [0, 0.05) is 34.1 Å². The molecule has 25 heavy (non-hydrogen) atoms. The molecule has 0 aliphatic heterocycles. The lowest BCUT2D eigenvalue weighted by Crippen LogP contribution is -2.27. The van der Waals surface area contributed by atoms with Gasteiger partial charge in [-0.15, -0.1) is 0 Å². The number of imidazole rings is 1. The van der Waals surface area contributed by atoms with E-state index < -0.39 is 8.07 Å². The number of amides is 1. The SMILES string of the molecule is Cn1c(/C=C\C=NC(=O)c2ccc(Br)[nH]2)cn(CC[Si](C)(C)C)c1=O. The first-order valence-corrected chi connectivity index (χ1v) is 12.5. The highest BCUT2D eigenvalue weighted by Gasteiger charge is 2.14. The monoisotopic (exact) mass is 422 g/mol. The minimum absolute atomic E-state index is 0.0258. The molecular formula is C17H23BrN4O2Si. The lowest BCUT2D eigenvalue weighted by molar-refractivity contribution is 0.0999.